The highest BCUT2D eigenvalue weighted by Gasteiger charge is 2.07. The number of rotatable bonds is 3. The Balaban J connectivity index is 2.34. The van der Waals surface area contributed by atoms with E-state index in [1.54, 1.807) is 7.11 Å². The van der Waals surface area contributed by atoms with Crippen molar-refractivity contribution in [2.75, 3.05) is 26.1 Å². The van der Waals surface area contributed by atoms with Crippen molar-refractivity contribution in [1.82, 2.24) is 15.2 Å². The van der Waals surface area contributed by atoms with Crippen molar-refractivity contribution in [1.29, 1.82) is 0 Å². The maximum atomic E-state index is 5.16. The number of nitrogens with zero attached hydrogens (tertiary/aromatic N) is 3. The van der Waals surface area contributed by atoms with Crippen molar-refractivity contribution in [3.8, 4) is 17.1 Å². The first kappa shape index (κ1) is 10.5. The van der Waals surface area contributed by atoms with Gasteiger partial charge in [0.15, 0.2) is 5.82 Å². The molecule has 1 aromatic carbocycles. The van der Waals surface area contributed by atoms with Crippen LogP contribution in [0, 0.1) is 0 Å². The smallest absolute Gasteiger partial charge is 0.244 e. The zero-order valence-electron chi connectivity index (χ0n) is 9.56. The lowest BCUT2D eigenvalue weighted by Crippen LogP contribution is -2.10. The Morgan fingerprint density at radius 1 is 1.31 bits per heavy atom. The summed E-state index contributed by atoms with van der Waals surface area (Å²) in [5.74, 6) is 2.21. The maximum Gasteiger partial charge on any atom is 0.244 e. The van der Waals surface area contributed by atoms with Gasteiger partial charge in [-0.15, -0.1) is 5.10 Å². The second kappa shape index (κ2) is 4.22. The molecule has 0 aliphatic heterocycles. The molecule has 0 aliphatic rings. The Hall–Kier alpha value is -2.04. The van der Waals surface area contributed by atoms with Crippen molar-refractivity contribution < 1.29 is 4.74 Å². The van der Waals surface area contributed by atoms with Crippen LogP contribution in [0.5, 0.6) is 5.75 Å². The molecular weight excluding hydrogens is 204 g/mol. The molecule has 0 aliphatic carbocycles. The molecule has 0 radical (unpaired) electrons. The summed E-state index contributed by atoms with van der Waals surface area (Å²) in [7, 11) is 5.45. The Morgan fingerprint density at radius 3 is 2.75 bits per heavy atom. The summed E-state index contributed by atoms with van der Waals surface area (Å²) in [5, 5.41) is 6.99. The minimum atomic E-state index is 0.665. The normalized spacial score (nSPS) is 10.2. The Bertz CT molecular complexity index is 478. The maximum absolute atomic E-state index is 5.16. The molecule has 1 heterocycles. The number of aromatic amines is 1. The molecule has 0 saturated carbocycles. The molecule has 0 unspecified atom stereocenters. The summed E-state index contributed by atoms with van der Waals surface area (Å²) < 4.78 is 5.16. The van der Waals surface area contributed by atoms with Crippen LogP contribution in [0.4, 0.5) is 5.95 Å². The van der Waals surface area contributed by atoms with Crippen LogP contribution in [-0.2, 0) is 0 Å². The second-order valence-corrected chi connectivity index (χ2v) is 3.61. The molecule has 5 heteroatoms. The van der Waals surface area contributed by atoms with E-state index in [2.05, 4.69) is 15.2 Å². The van der Waals surface area contributed by atoms with Crippen molar-refractivity contribution >= 4 is 5.95 Å². The monoisotopic (exact) mass is 218 g/mol. The highest BCUT2D eigenvalue weighted by atomic mass is 16.5. The lowest BCUT2D eigenvalue weighted by Gasteiger charge is -2.04. The minimum Gasteiger partial charge on any atom is -0.497 e. The number of hydrogen-bond acceptors (Lipinski definition) is 4. The molecule has 5 nitrogen and oxygen atoms in total. The first-order valence-electron chi connectivity index (χ1n) is 4.95. The number of ether oxygens (including phenoxy) is 1. The van der Waals surface area contributed by atoms with Crippen molar-refractivity contribution in [2.45, 2.75) is 0 Å². The second-order valence-electron chi connectivity index (χ2n) is 3.61. The van der Waals surface area contributed by atoms with Gasteiger partial charge in [0, 0.05) is 19.7 Å². The molecule has 1 aromatic heterocycles. The van der Waals surface area contributed by atoms with Gasteiger partial charge in [0.2, 0.25) is 5.95 Å². The summed E-state index contributed by atoms with van der Waals surface area (Å²) in [6.45, 7) is 0. The Kier molecular flexibility index (Phi) is 2.76. The van der Waals surface area contributed by atoms with Crippen LogP contribution >= 0.6 is 0 Å². The largest absolute Gasteiger partial charge is 0.497 e. The van der Waals surface area contributed by atoms with Crippen LogP contribution < -0.4 is 9.64 Å². The van der Waals surface area contributed by atoms with Gasteiger partial charge in [-0.2, -0.15) is 4.98 Å². The molecule has 16 heavy (non-hydrogen) atoms. The molecule has 1 N–H and O–H groups in total. The topological polar surface area (TPSA) is 54.0 Å². The predicted octanol–water partition coefficient (Wildman–Crippen LogP) is 1.55. The molecule has 0 spiro atoms. The zero-order chi connectivity index (χ0) is 11.5. The van der Waals surface area contributed by atoms with E-state index in [0.29, 0.717) is 5.95 Å². The quantitative estimate of drug-likeness (QED) is 0.849. The fourth-order valence-electron chi connectivity index (χ4n) is 1.35. The summed E-state index contributed by atoms with van der Waals surface area (Å²) in [6, 6.07) is 7.70. The van der Waals surface area contributed by atoms with Gasteiger partial charge in [-0.1, -0.05) is 12.1 Å². The van der Waals surface area contributed by atoms with Gasteiger partial charge in [-0.3, -0.25) is 5.10 Å². The van der Waals surface area contributed by atoms with Gasteiger partial charge < -0.3 is 9.64 Å². The highest BCUT2D eigenvalue weighted by Crippen LogP contribution is 2.21. The first-order valence-corrected chi connectivity index (χ1v) is 4.95. The van der Waals surface area contributed by atoms with Gasteiger partial charge >= 0.3 is 0 Å². The molecule has 0 bridgehead atoms. The SMILES string of the molecule is COc1cccc(-c2nc(N(C)C)n[nH]2)c1. The average molecular weight is 218 g/mol. The van der Waals surface area contributed by atoms with Gasteiger partial charge in [-0.25, -0.2) is 0 Å². The van der Waals surface area contributed by atoms with Crippen LogP contribution in [0.15, 0.2) is 24.3 Å². The van der Waals surface area contributed by atoms with Crippen LogP contribution in [0.1, 0.15) is 0 Å². The van der Waals surface area contributed by atoms with E-state index in [9.17, 15) is 0 Å². The summed E-state index contributed by atoms with van der Waals surface area (Å²) >= 11 is 0. The lowest BCUT2D eigenvalue weighted by molar-refractivity contribution is 0.415. The fourth-order valence-corrected chi connectivity index (χ4v) is 1.35. The van der Waals surface area contributed by atoms with Gasteiger partial charge in [0.25, 0.3) is 0 Å². The van der Waals surface area contributed by atoms with Crippen LogP contribution in [0.25, 0.3) is 11.4 Å². The number of methoxy groups -OCH3 is 1. The van der Waals surface area contributed by atoms with Crippen molar-refractivity contribution in [3.63, 3.8) is 0 Å². The van der Waals surface area contributed by atoms with Crippen LogP contribution in [0.3, 0.4) is 0 Å². The molecule has 0 atom stereocenters. The number of H-pyrrole nitrogens is 1. The Morgan fingerprint density at radius 2 is 2.12 bits per heavy atom. The summed E-state index contributed by atoms with van der Waals surface area (Å²) in [4.78, 5) is 6.21. The van der Waals surface area contributed by atoms with Gasteiger partial charge in [-0.05, 0) is 12.1 Å². The average Bonchev–Trinajstić information content (AvgIpc) is 2.78. The Labute approximate surface area is 94.1 Å². The number of anilines is 1. The van der Waals surface area contributed by atoms with Gasteiger partial charge in [0.05, 0.1) is 7.11 Å². The molecule has 0 fully saturated rings. The number of hydrogen-bond donors (Lipinski definition) is 1. The number of aromatic nitrogens is 3. The van der Waals surface area contributed by atoms with Crippen molar-refractivity contribution in [3.05, 3.63) is 24.3 Å². The third-order valence-corrected chi connectivity index (χ3v) is 2.22. The molecule has 84 valence electrons. The van der Waals surface area contributed by atoms with E-state index in [1.165, 1.54) is 0 Å². The summed E-state index contributed by atoms with van der Waals surface area (Å²) in [6.07, 6.45) is 0. The zero-order valence-corrected chi connectivity index (χ0v) is 9.56. The first-order chi connectivity index (χ1) is 7.70. The number of nitrogens with one attached hydrogen (secondary N) is 1. The summed E-state index contributed by atoms with van der Waals surface area (Å²) in [5.41, 5.74) is 0.958. The third-order valence-electron chi connectivity index (χ3n) is 2.22. The lowest BCUT2D eigenvalue weighted by atomic mass is 10.2. The van der Waals surface area contributed by atoms with E-state index < -0.39 is 0 Å². The third kappa shape index (κ3) is 1.98. The van der Waals surface area contributed by atoms with Crippen molar-refractivity contribution in [2.24, 2.45) is 0 Å². The van der Waals surface area contributed by atoms with E-state index in [1.807, 2.05) is 43.3 Å². The van der Waals surface area contributed by atoms with E-state index in [4.69, 9.17) is 4.74 Å². The van der Waals surface area contributed by atoms with E-state index >= 15 is 0 Å². The van der Waals surface area contributed by atoms with E-state index in [-0.39, 0.29) is 0 Å². The molecule has 2 aromatic rings. The fraction of sp³-hybridized carbons (Fsp3) is 0.273. The van der Waals surface area contributed by atoms with Gasteiger partial charge in [0.1, 0.15) is 5.75 Å². The minimum absolute atomic E-state index is 0.665. The van der Waals surface area contributed by atoms with Crippen LogP contribution in [0.2, 0.25) is 0 Å². The highest BCUT2D eigenvalue weighted by molar-refractivity contribution is 5.58. The molecular formula is C11H14N4O. The molecule has 0 amide bonds. The van der Waals surface area contributed by atoms with E-state index in [0.717, 1.165) is 17.1 Å². The predicted molar refractivity (Wildman–Crippen MR) is 62.7 cm³/mol. The molecule has 2 rings (SSSR count). The standard InChI is InChI=1S/C11H14N4O/c1-15(2)11-12-10(13-14-11)8-5-4-6-9(7-8)16-3/h4-7H,1-3H3,(H,12,13,14). The van der Waals surface area contributed by atoms with Crippen LogP contribution in [-0.4, -0.2) is 36.4 Å². The molecule has 0 saturated heterocycles. The number of benzene rings is 1.